The zero-order chi connectivity index (χ0) is 28.8. The number of hydrogen-bond acceptors (Lipinski definition) is 7. The number of halogens is 3. The highest BCUT2D eigenvalue weighted by molar-refractivity contribution is 5.92. The first-order valence-corrected chi connectivity index (χ1v) is 13.1. The van der Waals surface area contributed by atoms with Crippen molar-refractivity contribution in [2.24, 2.45) is 5.92 Å². The van der Waals surface area contributed by atoms with Gasteiger partial charge in [-0.1, -0.05) is 26.3 Å². The molecule has 9 nitrogen and oxygen atoms in total. The Morgan fingerprint density at radius 2 is 1.90 bits per heavy atom. The third-order valence-electron chi connectivity index (χ3n) is 7.50. The zero-order valence-electron chi connectivity index (χ0n) is 22.3. The molecule has 1 atom stereocenters. The Morgan fingerprint density at radius 1 is 1.15 bits per heavy atom. The van der Waals surface area contributed by atoms with Gasteiger partial charge in [0.25, 0.3) is 0 Å². The number of carboxylic acid groups (broad SMARTS) is 1. The maximum atomic E-state index is 13.3. The second kappa shape index (κ2) is 10.4. The van der Waals surface area contributed by atoms with Crippen LogP contribution < -0.4 is 11.1 Å². The molecule has 0 aliphatic heterocycles. The summed E-state index contributed by atoms with van der Waals surface area (Å²) in [7, 11) is 0. The van der Waals surface area contributed by atoms with E-state index in [1.807, 2.05) is 32.9 Å². The number of carbonyl (C=O) groups is 1. The molecular formula is C28H30F3N7O2. The molecule has 1 aliphatic rings. The van der Waals surface area contributed by atoms with Gasteiger partial charge in [-0.2, -0.15) is 13.2 Å². The number of alkyl halides is 3. The van der Waals surface area contributed by atoms with Gasteiger partial charge in [0.1, 0.15) is 11.2 Å². The van der Waals surface area contributed by atoms with Crippen molar-refractivity contribution in [3.63, 3.8) is 0 Å². The van der Waals surface area contributed by atoms with Gasteiger partial charge < -0.3 is 20.7 Å². The van der Waals surface area contributed by atoms with Gasteiger partial charge in [-0.3, -0.25) is 4.98 Å². The van der Waals surface area contributed by atoms with Crippen LogP contribution in [0, 0.1) is 5.92 Å². The second-order valence-electron chi connectivity index (χ2n) is 10.6. The maximum Gasteiger partial charge on any atom is 0.416 e. The topological polar surface area (TPSA) is 132 Å². The average molecular weight is 554 g/mol. The first-order valence-electron chi connectivity index (χ1n) is 13.1. The van der Waals surface area contributed by atoms with Gasteiger partial charge in [0.05, 0.1) is 12.1 Å². The summed E-state index contributed by atoms with van der Waals surface area (Å²) in [6.07, 6.45) is 0.354. The summed E-state index contributed by atoms with van der Waals surface area (Å²) in [6, 6.07) is 7.00. The number of aromatic carboxylic acids is 1. The van der Waals surface area contributed by atoms with Crippen LogP contribution in [0.15, 0.2) is 36.5 Å². The maximum absolute atomic E-state index is 13.3. The number of rotatable bonds is 8. The molecule has 0 radical (unpaired) electrons. The molecule has 3 heterocycles. The molecule has 1 fully saturated rings. The smallest absolute Gasteiger partial charge is 0.416 e. The van der Waals surface area contributed by atoms with Crippen LogP contribution >= 0.6 is 0 Å². The van der Waals surface area contributed by atoms with Gasteiger partial charge in [-0.15, -0.1) is 0 Å². The molecule has 0 spiro atoms. The van der Waals surface area contributed by atoms with E-state index in [4.69, 9.17) is 5.73 Å². The molecule has 5 rings (SSSR count). The molecule has 1 aromatic carbocycles. The Kier molecular flexibility index (Phi) is 7.11. The van der Waals surface area contributed by atoms with Crippen LogP contribution in [0.3, 0.4) is 0 Å². The van der Waals surface area contributed by atoms with Crippen molar-refractivity contribution < 1.29 is 23.1 Å². The van der Waals surface area contributed by atoms with Gasteiger partial charge in [0, 0.05) is 17.9 Å². The molecule has 1 unspecified atom stereocenters. The van der Waals surface area contributed by atoms with E-state index in [2.05, 4.69) is 25.3 Å². The molecule has 210 valence electrons. The van der Waals surface area contributed by atoms with E-state index >= 15 is 0 Å². The number of anilines is 2. The molecule has 1 aliphatic carbocycles. The fourth-order valence-electron chi connectivity index (χ4n) is 4.87. The third-order valence-corrected chi connectivity index (χ3v) is 7.50. The van der Waals surface area contributed by atoms with Crippen molar-refractivity contribution in [1.82, 2.24) is 24.5 Å². The molecule has 4 N–H and O–H groups in total. The predicted octanol–water partition coefficient (Wildman–Crippen LogP) is 5.96. The van der Waals surface area contributed by atoms with Crippen LogP contribution in [0.4, 0.5) is 24.7 Å². The van der Waals surface area contributed by atoms with E-state index in [-0.39, 0.29) is 35.7 Å². The molecular weight excluding hydrogens is 523 g/mol. The molecule has 40 heavy (non-hydrogen) atoms. The SMILES string of the molecule is CC(C)c1ccnc(-c2nc3nc(C(=O)O)nc(NC(C)C4CCC4)c3n2Cc2ccc(C(F)(F)F)cc2N)c1. The van der Waals surface area contributed by atoms with Crippen molar-refractivity contribution in [2.45, 2.75) is 64.7 Å². The van der Waals surface area contributed by atoms with Crippen LogP contribution in [0.2, 0.25) is 0 Å². The van der Waals surface area contributed by atoms with E-state index in [0.29, 0.717) is 28.5 Å². The second-order valence-corrected chi connectivity index (χ2v) is 10.6. The van der Waals surface area contributed by atoms with E-state index in [1.165, 1.54) is 6.07 Å². The Morgan fingerprint density at radius 3 is 2.50 bits per heavy atom. The number of nitrogens with one attached hydrogen (secondary N) is 1. The number of hydrogen-bond donors (Lipinski definition) is 3. The standard InChI is InChI=1S/C28H30F3N7O2/c1-14(2)17-9-10-33-21(11-17)26-37-24-22(38(26)13-18-7-8-19(12-20(18)32)28(29,30)31)23(35-25(36-24)27(39)40)34-15(3)16-5-4-6-16/h7-12,14-16H,4-6,13,32H2,1-3H3,(H,39,40)(H,34,35,36). The highest BCUT2D eigenvalue weighted by Crippen LogP contribution is 2.35. The van der Waals surface area contributed by atoms with E-state index < -0.39 is 23.5 Å². The predicted molar refractivity (Wildman–Crippen MR) is 145 cm³/mol. The van der Waals surface area contributed by atoms with Crippen molar-refractivity contribution >= 4 is 28.6 Å². The first kappa shape index (κ1) is 27.4. The van der Waals surface area contributed by atoms with Gasteiger partial charge >= 0.3 is 12.1 Å². The number of nitrogens with zero attached hydrogens (tertiary/aromatic N) is 5. The fourth-order valence-corrected chi connectivity index (χ4v) is 4.87. The number of carboxylic acids is 1. The highest BCUT2D eigenvalue weighted by atomic mass is 19.4. The van der Waals surface area contributed by atoms with Crippen molar-refractivity contribution in [3.8, 4) is 11.5 Å². The summed E-state index contributed by atoms with van der Waals surface area (Å²) in [5.74, 6) is -0.457. The summed E-state index contributed by atoms with van der Waals surface area (Å²) >= 11 is 0. The molecule has 12 heteroatoms. The number of pyridine rings is 1. The zero-order valence-corrected chi connectivity index (χ0v) is 22.3. The van der Waals surface area contributed by atoms with Crippen LogP contribution in [-0.4, -0.2) is 41.6 Å². The number of nitrogens with two attached hydrogens (primary N) is 1. The summed E-state index contributed by atoms with van der Waals surface area (Å²) in [5, 5.41) is 13.1. The van der Waals surface area contributed by atoms with Crippen LogP contribution in [0.25, 0.3) is 22.7 Å². The van der Waals surface area contributed by atoms with Gasteiger partial charge in [0.2, 0.25) is 5.82 Å². The molecule has 4 aromatic rings. The van der Waals surface area contributed by atoms with Crippen molar-refractivity contribution in [1.29, 1.82) is 0 Å². The lowest BCUT2D eigenvalue weighted by molar-refractivity contribution is -0.137. The minimum atomic E-state index is -4.53. The monoisotopic (exact) mass is 553 g/mol. The van der Waals surface area contributed by atoms with E-state index in [1.54, 1.807) is 10.8 Å². The lowest BCUT2D eigenvalue weighted by atomic mass is 9.80. The third kappa shape index (κ3) is 5.30. The summed E-state index contributed by atoms with van der Waals surface area (Å²) < 4.78 is 41.6. The first-order chi connectivity index (χ1) is 18.9. The largest absolute Gasteiger partial charge is 0.475 e. The molecule has 1 saturated carbocycles. The summed E-state index contributed by atoms with van der Waals surface area (Å²) in [4.78, 5) is 29.6. The molecule has 0 amide bonds. The quantitative estimate of drug-likeness (QED) is 0.228. The Balaban J connectivity index is 1.72. The molecule has 0 saturated heterocycles. The molecule has 0 bridgehead atoms. The summed E-state index contributed by atoms with van der Waals surface area (Å²) in [6.45, 7) is 6.13. The highest BCUT2D eigenvalue weighted by Gasteiger charge is 2.31. The van der Waals surface area contributed by atoms with Crippen molar-refractivity contribution in [3.05, 3.63) is 59.0 Å². The summed E-state index contributed by atoms with van der Waals surface area (Å²) in [5.41, 5.74) is 7.71. The van der Waals surface area contributed by atoms with Gasteiger partial charge in [0.15, 0.2) is 17.3 Å². The number of aromatic nitrogens is 5. The lowest BCUT2D eigenvalue weighted by Gasteiger charge is -2.32. The fraction of sp³-hybridized carbons (Fsp3) is 0.393. The Labute approximate surface area is 228 Å². The van der Waals surface area contributed by atoms with Crippen LogP contribution in [0.5, 0.6) is 0 Å². The van der Waals surface area contributed by atoms with Gasteiger partial charge in [-0.25, -0.2) is 19.7 Å². The van der Waals surface area contributed by atoms with E-state index in [0.717, 1.165) is 37.0 Å². The Hall–Kier alpha value is -4.22. The average Bonchev–Trinajstić information content (AvgIpc) is 3.22. The number of nitrogen functional groups attached to an aromatic ring is 1. The number of benzene rings is 1. The normalized spacial score (nSPS) is 14.9. The number of fused-ring (bicyclic) bond motifs is 1. The number of imidazole rings is 1. The minimum absolute atomic E-state index is 0.00109. The lowest BCUT2D eigenvalue weighted by Crippen LogP contribution is -2.31. The van der Waals surface area contributed by atoms with Gasteiger partial charge in [-0.05, 0) is 67.0 Å². The van der Waals surface area contributed by atoms with Crippen molar-refractivity contribution in [2.75, 3.05) is 11.1 Å². The van der Waals surface area contributed by atoms with Crippen LogP contribution in [0.1, 0.15) is 73.3 Å². The Bertz CT molecular complexity index is 1580. The molecule has 3 aromatic heterocycles. The van der Waals surface area contributed by atoms with E-state index in [9.17, 15) is 23.1 Å². The van der Waals surface area contributed by atoms with Crippen LogP contribution in [-0.2, 0) is 12.7 Å². The minimum Gasteiger partial charge on any atom is -0.475 e.